The van der Waals surface area contributed by atoms with Crippen molar-refractivity contribution < 1.29 is 18.7 Å². The third-order valence-electron chi connectivity index (χ3n) is 4.37. The molecule has 2 aromatic carbocycles. The van der Waals surface area contributed by atoms with E-state index in [0.29, 0.717) is 16.0 Å². The van der Waals surface area contributed by atoms with Gasteiger partial charge in [0.15, 0.2) is 17.7 Å². The first-order valence-electron chi connectivity index (χ1n) is 9.13. The van der Waals surface area contributed by atoms with Crippen molar-refractivity contribution in [3.8, 4) is 17.2 Å². The summed E-state index contributed by atoms with van der Waals surface area (Å²) in [6.45, 7) is 4.14. The molecule has 0 heterocycles. The first kappa shape index (κ1) is 21.2. The number of unbranched alkanes of at least 4 members (excludes halogenated alkanes) is 1. The lowest BCUT2D eigenvalue weighted by Gasteiger charge is -2.24. The molecule has 2 atom stereocenters. The van der Waals surface area contributed by atoms with Crippen LogP contribution < -0.4 is 15.2 Å². The maximum absolute atomic E-state index is 13.9. The first-order valence-corrected chi connectivity index (χ1v) is 9.92. The van der Waals surface area contributed by atoms with Crippen LogP contribution in [0.3, 0.4) is 0 Å². The average molecular weight is 438 g/mol. The summed E-state index contributed by atoms with van der Waals surface area (Å²) in [6.07, 6.45) is 3.12. The van der Waals surface area contributed by atoms with E-state index >= 15 is 0 Å². The van der Waals surface area contributed by atoms with E-state index < -0.39 is 17.8 Å². The Morgan fingerprint density at radius 3 is 2.37 bits per heavy atom. The Balaban J connectivity index is 2.07. The van der Waals surface area contributed by atoms with Crippen LogP contribution >= 0.6 is 15.9 Å². The Bertz CT molecular complexity index is 752. The highest BCUT2D eigenvalue weighted by Crippen LogP contribution is 2.29. The molecule has 0 radical (unpaired) electrons. The van der Waals surface area contributed by atoms with Crippen molar-refractivity contribution in [2.45, 2.75) is 45.6 Å². The number of carbonyl (C=O) groups excluding carboxylic acids is 1. The molecule has 0 aliphatic rings. The second-order valence-electron chi connectivity index (χ2n) is 6.40. The van der Waals surface area contributed by atoms with Crippen molar-refractivity contribution in [2.24, 2.45) is 11.7 Å². The summed E-state index contributed by atoms with van der Waals surface area (Å²) in [5.74, 6) is 0.285. The molecule has 0 saturated heterocycles. The van der Waals surface area contributed by atoms with Gasteiger partial charge in [-0.05, 0) is 55.3 Å². The summed E-state index contributed by atoms with van der Waals surface area (Å²) in [4.78, 5) is 11.9. The van der Waals surface area contributed by atoms with Crippen LogP contribution in [-0.4, -0.2) is 12.0 Å². The van der Waals surface area contributed by atoms with Crippen LogP contribution in [0.1, 0.15) is 39.5 Å². The summed E-state index contributed by atoms with van der Waals surface area (Å²) in [5, 5.41) is 0. The molecule has 0 aromatic heterocycles. The maximum Gasteiger partial charge on any atom is 0.258 e. The van der Waals surface area contributed by atoms with E-state index in [1.54, 1.807) is 36.4 Å². The fourth-order valence-electron chi connectivity index (χ4n) is 2.84. The monoisotopic (exact) mass is 437 g/mol. The highest BCUT2D eigenvalue weighted by molar-refractivity contribution is 9.10. The zero-order chi connectivity index (χ0) is 19.8. The molecule has 27 heavy (non-hydrogen) atoms. The van der Waals surface area contributed by atoms with Crippen molar-refractivity contribution in [1.82, 2.24) is 0 Å². The molecule has 2 unspecified atom stereocenters. The summed E-state index contributed by atoms with van der Waals surface area (Å²) in [7, 11) is 0. The standard InChI is InChI=1S/C21H25BrFNO3/c1-3-5-6-14(4-2)20(21(24)25)27-17-10-8-16(9-11-17)26-19-12-7-15(22)13-18(19)23/h7-14,20H,3-6H2,1-2H3,(H2,24,25). The lowest BCUT2D eigenvalue weighted by molar-refractivity contribution is -0.127. The largest absolute Gasteiger partial charge is 0.480 e. The zero-order valence-electron chi connectivity index (χ0n) is 15.6. The molecule has 0 aliphatic heterocycles. The van der Waals surface area contributed by atoms with Gasteiger partial charge in [-0.3, -0.25) is 4.79 Å². The number of primary amides is 1. The van der Waals surface area contributed by atoms with Crippen molar-refractivity contribution in [3.63, 3.8) is 0 Å². The summed E-state index contributed by atoms with van der Waals surface area (Å²) in [6, 6.07) is 11.3. The smallest absolute Gasteiger partial charge is 0.258 e. The lowest BCUT2D eigenvalue weighted by Crippen LogP contribution is -2.40. The molecule has 0 fully saturated rings. The van der Waals surface area contributed by atoms with Crippen LogP contribution in [0, 0.1) is 11.7 Å². The molecule has 0 saturated carbocycles. The number of benzene rings is 2. The van der Waals surface area contributed by atoms with Gasteiger partial charge in [-0.15, -0.1) is 0 Å². The second-order valence-corrected chi connectivity index (χ2v) is 7.32. The molecule has 6 heteroatoms. The number of rotatable bonds is 10. The normalized spacial score (nSPS) is 13.0. The Kier molecular flexibility index (Phi) is 8.10. The molecular weight excluding hydrogens is 413 g/mol. The van der Waals surface area contributed by atoms with Crippen molar-refractivity contribution in [3.05, 3.63) is 52.8 Å². The minimum absolute atomic E-state index is 0.0789. The Hall–Kier alpha value is -2.08. The predicted molar refractivity (Wildman–Crippen MR) is 108 cm³/mol. The van der Waals surface area contributed by atoms with Gasteiger partial charge in [-0.2, -0.15) is 0 Å². The van der Waals surface area contributed by atoms with Crippen molar-refractivity contribution in [2.75, 3.05) is 0 Å². The van der Waals surface area contributed by atoms with Crippen LogP contribution in [0.4, 0.5) is 4.39 Å². The van der Waals surface area contributed by atoms with Gasteiger partial charge in [0, 0.05) is 10.4 Å². The highest BCUT2D eigenvalue weighted by atomic mass is 79.9. The van der Waals surface area contributed by atoms with E-state index in [1.807, 2.05) is 6.92 Å². The molecule has 2 rings (SSSR count). The second kappa shape index (κ2) is 10.3. The fourth-order valence-corrected chi connectivity index (χ4v) is 3.17. The van der Waals surface area contributed by atoms with Crippen molar-refractivity contribution >= 4 is 21.8 Å². The van der Waals surface area contributed by atoms with E-state index in [9.17, 15) is 9.18 Å². The number of halogens is 2. The van der Waals surface area contributed by atoms with Gasteiger partial charge in [0.05, 0.1) is 0 Å². The average Bonchev–Trinajstić information content (AvgIpc) is 2.64. The molecule has 0 bridgehead atoms. The minimum atomic E-state index is -0.669. The molecular formula is C21H25BrFNO3. The Morgan fingerprint density at radius 1 is 1.15 bits per heavy atom. The van der Waals surface area contributed by atoms with Gasteiger partial charge in [0.25, 0.3) is 5.91 Å². The number of hydrogen-bond acceptors (Lipinski definition) is 3. The lowest BCUT2D eigenvalue weighted by atomic mass is 9.93. The predicted octanol–water partition coefficient (Wildman–Crippen LogP) is 5.83. The highest BCUT2D eigenvalue weighted by Gasteiger charge is 2.26. The van der Waals surface area contributed by atoms with Crippen molar-refractivity contribution in [1.29, 1.82) is 0 Å². The first-order chi connectivity index (χ1) is 12.9. The molecule has 0 aliphatic carbocycles. The fraction of sp³-hybridized carbons (Fsp3) is 0.381. The van der Waals surface area contributed by atoms with E-state index in [-0.39, 0.29) is 11.7 Å². The molecule has 2 aromatic rings. The zero-order valence-corrected chi connectivity index (χ0v) is 17.2. The number of carbonyl (C=O) groups is 1. The Morgan fingerprint density at radius 2 is 1.81 bits per heavy atom. The van der Waals surface area contributed by atoms with Crippen LogP contribution in [-0.2, 0) is 4.79 Å². The summed E-state index contributed by atoms with van der Waals surface area (Å²) >= 11 is 3.21. The van der Waals surface area contributed by atoms with Crippen LogP contribution in [0.2, 0.25) is 0 Å². The number of nitrogens with two attached hydrogens (primary N) is 1. The number of hydrogen-bond donors (Lipinski definition) is 1. The maximum atomic E-state index is 13.9. The third kappa shape index (κ3) is 6.24. The number of amides is 1. The molecule has 1 amide bonds. The molecule has 4 nitrogen and oxygen atoms in total. The SMILES string of the molecule is CCCCC(CC)C(Oc1ccc(Oc2ccc(Br)cc2F)cc1)C(N)=O. The van der Waals surface area contributed by atoms with E-state index in [1.165, 1.54) is 6.07 Å². The quantitative estimate of drug-likeness (QED) is 0.508. The van der Waals surface area contributed by atoms with E-state index in [4.69, 9.17) is 15.2 Å². The van der Waals surface area contributed by atoms with Crippen LogP contribution in [0.5, 0.6) is 17.2 Å². The number of ether oxygens (including phenoxy) is 2. The van der Waals surface area contributed by atoms with E-state index in [2.05, 4.69) is 22.9 Å². The van der Waals surface area contributed by atoms with Gasteiger partial charge in [-0.1, -0.05) is 42.6 Å². The van der Waals surface area contributed by atoms with Gasteiger partial charge in [0.2, 0.25) is 0 Å². The van der Waals surface area contributed by atoms with Crippen LogP contribution in [0.25, 0.3) is 0 Å². The van der Waals surface area contributed by atoms with E-state index in [0.717, 1.165) is 25.7 Å². The molecule has 0 spiro atoms. The minimum Gasteiger partial charge on any atom is -0.480 e. The summed E-state index contributed by atoms with van der Waals surface area (Å²) < 4.78 is 25.9. The van der Waals surface area contributed by atoms with Gasteiger partial charge >= 0.3 is 0 Å². The molecule has 146 valence electrons. The van der Waals surface area contributed by atoms with Crippen LogP contribution in [0.15, 0.2) is 46.9 Å². The topological polar surface area (TPSA) is 61.6 Å². The molecule has 2 N–H and O–H groups in total. The Labute approximate surface area is 168 Å². The van der Waals surface area contributed by atoms with Gasteiger partial charge in [-0.25, -0.2) is 4.39 Å². The summed E-state index contributed by atoms with van der Waals surface area (Å²) in [5.41, 5.74) is 5.56. The van der Waals surface area contributed by atoms with Gasteiger partial charge in [0.1, 0.15) is 11.5 Å². The van der Waals surface area contributed by atoms with Gasteiger partial charge < -0.3 is 15.2 Å². The third-order valence-corrected chi connectivity index (χ3v) is 4.86.